The summed E-state index contributed by atoms with van der Waals surface area (Å²) in [6.45, 7) is 0.415. The van der Waals surface area contributed by atoms with E-state index < -0.39 is 17.0 Å². The van der Waals surface area contributed by atoms with Crippen molar-refractivity contribution in [2.45, 2.75) is 62.4 Å². The molecular weight excluding hydrogens is 416 g/mol. The molecule has 3 aliphatic rings. The molecule has 2 atom stereocenters. The van der Waals surface area contributed by atoms with E-state index in [0.717, 1.165) is 37.1 Å². The van der Waals surface area contributed by atoms with Gasteiger partial charge in [0.15, 0.2) is 4.77 Å². The van der Waals surface area contributed by atoms with E-state index in [1.165, 1.54) is 12.1 Å². The van der Waals surface area contributed by atoms with Crippen LogP contribution < -0.4 is 5.32 Å². The van der Waals surface area contributed by atoms with Crippen molar-refractivity contribution < 1.29 is 13.6 Å². The summed E-state index contributed by atoms with van der Waals surface area (Å²) in [5, 5.41) is 3.05. The number of nitrogens with one attached hydrogen (secondary N) is 1. The monoisotopic (exact) mass is 437 g/mol. The summed E-state index contributed by atoms with van der Waals surface area (Å²) in [5.74, 6) is -1.33. The van der Waals surface area contributed by atoms with Crippen LogP contribution in [-0.4, -0.2) is 21.1 Å². The van der Waals surface area contributed by atoms with E-state index in [4.69, 9.17) is 23.8 Å². The van der Waals surface area contributed by atoms with Crippen LogP contribution in [0.15, 0.2) is 12.1 Å². The number of carbonyl (C=O) groups is 1. The Labute approximate surface area is 177 Å². The van der Waals surface area contributed by atoms with Crippen LogP contribution in [-0.2, 0) is 30.2 Å². The Morgan fingerprint density at radius 2 is 2.07 bits per heavy atom. The summed E-state index contributed by atoms with van der Waals surface area (Å²) in [7, 11) is 1.86. The molecule has 8 heteroatoms. The summed E-state index contributed by atoms with van der Waals surface area (Å²) in [4.78, 5) is 12.6. The van der Waals surface area contributed by atoms with Gasteiger partial charge < -0.3 is 14.5 Å². The number of hydrogen-bond acceptors (Lipinski definition) is 2. The summed E-state index contributed by atoms with van der Waals surface area (Å²) in [5.41, 5.74) is 1.18. The Morgan fingerprint density at radius 3 is 2.79 bits per heavy atom. The third kappa shape index (κ3) is 2.81. The fourth-order valence-electron chi connectivity index (χ4n) is 5.44. The molecule has 154 valence electrons. The molecule has 0 saturated heterocycles. The van der Waals surface area contributed by atoms with Crippen molar-refractivity contribution in [2.75, 3.05) is 0 Å². The minimum atomic E-state index is -0.685. The largest absolute Gasteiger partial charge is 0.353 e. The second-order valence-corrected chi connectivity index (χ2v) is 9.39. The van der Waals surface area contributed by atoms with E-state index in [-0.39, 0.29) is 34.9 Å². The summed E-state index contributed by atoms with van der Waals surface area (Å²) in [6.07, 6.45) is 5.22. The Balaban J connectivity index is 1.48. The highest BCUT2D eigenvalue weighted by Gasteiger charge is 2.64. The minimum absolute atomic E-state index is 0.0193. The maximum atomic E-state index is 14.8. The Bertz CT molecular complexity index is 1090. The lowest BCUT2D eigenvalue weighted by atomic mass is 9.92. The SMILES string of the molecule is Cn1c(CC(=O)NC2CCCC2)c2n(c1=S)C[C@@]1(c3c(F)ccc(Cl)c3F)C[C@@H]21. The van der Waals surface area contributed by atoms with Crippen molar-refractivity contribution in [1.82, 2.24) is 14.5 Å². The molecule has 5 rings (SSSR count). The average Bonchev–Trinajstić information content (AvgIpc) is 2.97. The molecule has 1 aromatic carbocycles. The quantitative estimate of drug-likeness (QED) is 0.564. The molecule has 0 bridgehead atoms. The number of rotatable bonds is 4. The van der Waals surface area contributed by atoms with E-state index in [9.17, 15) is 13.6 Å². The zero-order valence-corrected chi connectivity index (χ0v) is 17.7. The summed E-state index contributed by atoms with van der Waals surface area (Å²) >= 11 is 11.5. The van der Waals surface area contributed by atoms with Gasteiger partial charge in [0, 0.05) is 47.9 Å². The molecule has 0 unspecified atom stereocenters. The molecule has 29 heavy (non-hydrogen) atoms. The van der Waals surface area contributed by atoms with Crippen LogP contribution in [0, 0.1) is 16.4 Å². The lowest BCUT2D eigenvalue weighted by Gasteiger charge is -2.16. The number of hydrogen-bond donors (Lipinski definition) is 1. The topological polar surface area (TPSA) is 39.0 Å². The first-order valence-electron chi connectivity index (χ1n) is 10.0. The van der Waals surface area contributed by atoms with E-state index >= 15 is 0 Å². The smallest absolute Gasteiger partial charge is 0.226 e. The van der Waals surface area contributed by atoms with E-state index in [1.54, 1.807) is 0 Å². The normalized spacial score (nSPS) is 25.2. The molecule has 0 radical (unpaired) electrons. The molecule has 2 aliphatic carbocycles. The Morgan fingerprint density at radius 1 is 1.34 bits per heavy atom. The van der Waals surface area contributed by atoms with Gasteiger partial charge in [-0.15, -0.1) is 0 Å². The maximum absolute atomic E-state index is 14.8. The highest BCUT2D eigenvalue weighted by molar-refractivity contribution is 7.71. The van der Waals surface area contributed by atoms with Crippen molar-refractivity contribution in [3.05, 3.63) is 50.5 Å². The molecule has 2 saturated carbocycles. The Kier molecular flexibility index (Phi) is 4.41. The highest BCUT2D eigenvalue weighted by atomic mass is 35.5. The zero-order valence-electron chi connectivity index (χ0n) is 16.1. The number of amides is 1. The predicted octanol–water partition coefficient (Wildman–Crippen LogP) is 4.53. The number of imidazole rings is 1. The van der Waals surface area contributed by atoms with Crippen molar-refractivity contribution in [2.24, 2.45) is 7.05 Å². The molecule has 1 amide bonds. The molecular formula is C21H22ClF2N3OS. The van der Waals surface area contributed by atoms with Crippen molar-refractivity contribution in [3.63, 3.8) is 0 Å². The van der Waals surface area contributed by atoms with Gasteiger partial charge in [-0.05, 0) is 43.6 Å². The van der Waals surface area contributed by atoms with Gasteiger partial charge in [0.25, 0.3) is 0 Å². The van der Waals surface area contributed by atoms with Gasteiger partial charge in [-0.1, -0.05) is 24.4 Å². The third-order valence-electron chi connectivity index (χ3n) is 6.94. The van der Waals surface area contributed by atoms with Gasteiger partial charge in [0.1, 0.15) is 11.6 Å². The molecule has 1 aliphatic heterocycles. The second kappa shape index (κ2) is 6.64. The number of halogens is 3. The summed E-state index contributed by atoms with van der Waals surface area (Å²) < 4.78 is 33.7. The first-order valence-corrected chi connectivity index (χ1v) is 10.8. The maximum Gasteiger partial charge on any atom is 0.226 e. The van der Waals surface area contributed by atoms with Crippen LogP contribution >= 0.6 is 23.8 Å². The lowest BCUT2D eigenvalue weighted by molar-refractivity contribution is -0.121. The van der Waals surface area contributed by atoms with Crippen LogP contribution in [0.4, 0.5) is 8.78 Å². The standard InChI is InChI=1S/C21H22ClF2N3OS/c1-26-15(8-16(28)25-11-4-2-3-5-11)19-12-9-21(12,10-27(19)20(26)29)17-14(23)7-6-13(22)18(17)24/h6-7,11-12H,2-5,8-10H2,1H3,(H,25,28)/t12-,21-/m0/s1. The van der Waals surface area contributed by atoms with Crippen molar-refractivity contribution >= 4 is 29.7 Å². The van der Waals surface area contributed by atoms with Crippen LogP contribution in [0.3, 0.4) is 0 Å². The number of benzene rings is 1. The first-order chi connectivity index (χ1) is 13.8. The zero-order chi connectivity index (χ0) is 20.5. The number of nitrogens with zero attached hydrogens (tertiary/aromatic N) is 2. The van der Waals surface area contributed by atoms with E-state index in [1.807, 2.05) is 16.2 Å². The summed E-state index contributed by atoms with van der Waals surface area (Å²) in [6, 6.07) is 2.72. The third-order valence-corrected chi connectivity index (χ3v) is 7.73. The molecule has 2 fully saturated rings. The fourth-order valence-corrected chi connectivity index (χ4v) is 5.87. The first kappa shape index (κ1) is 19.2. The van der Waals surface area contributed by atoms with E-state index in [2.05, 4.69) is 5.32 Å². The number of aromatic nitrogens is 2. The lowest BCUT2D eigenvalue weighted by Crippen LogP contribution is -2.34. The van der Waals surface area contributed by atoms with Crippen molar-refractivity contribution in [3.8, 4) is 0 Å². The molecule has 2 aromatic rings. The van der Waals surface area contributed by atoms with Crippen LogP contribution in [0.5, 0.6) is 0 Å². The van der Waals surface area contributed by atoms with Crippen molar-refractivity contribution in [1.29, 1.82) is 0 Å². The minimum Gasteiger partial charge on any atom is -0.353 e. The predicted molar refractivity (Wildman–Crippen MR) is 109 cm³/mol. The molecule has 1 aromatic heterocycles. The average molecular weight is 438 g/mol. The fraction of sp³-hybridized carbons (Fsp3) is 0.524. The van der Waals surface area contributed by atoms with E-state index in [0.29, 0.717) is 17.7 Å². The molecule has 0 spiro atoms. The van der Waals surface area contributed by atoms with Gasteiger partial charge in [-0.25, -0.2) is 8.78 Å². The van der Waals surface area contributed by atoms with Gasteiger partial charge in [0.2, 0.25) is 5.91 Å². The highest BCUT2D eigenvalue weighted by Crippen LogP contribution is 2.67. The number of fused-ring (bicyclic) bond motifs is 3. The second-order valence-electron chi connectivity index (χ2n) is 8.62. The van der Waals surface area contributed by atoms with Gasteiger partial charge in [-0.2, -0.15) is 0 Å². The Hall–Kier alpha value is -1.73. The van der Waals surface area contributed by atoms with Crippen LogP contribution in [0.2, 0.25) is 5.02 Å². The molecule has 2 heterocycles. The van der Waals surface area contributed by atoms with Crippen LogP contribution in [0.1, 0.15) is 55.0 Å². The van der Waals surface area contributed by atoms with Gasteiger partial charge in [0.05, 0.1) is 11.4 Å². The van der Waals surface area contributed by atoms with Gasteiger partial charge in [-0.3, -0.25) is 4.79 Å². The molecule has 1 N–H and O–H groups in total. The van der Waals surface area contributed by atoms with Crippen LogP contribution in [0.25, 0.3) is 0 Å². The molecule has 4 nitrogen and oxygen atoms in total. The number of carbonyl (C=O) groups excluding carboxylic acids is 1. The van der Waals surface area contributed by atoms with Gasteiger partial charge >= 0.3 is 0 Å².